The van der Waals surface area contributed by atoms with Gasteiger partial charge in [-0.2, -0.15) is 0 Å². The van der Waals surface area contributed by atoms with E-state index in [0.717, 1.165) is 17.9 Å². The van der Waals surface area contributed by atoms with Crippen molar-refractivity contribution >= 4 is 0 Å². The number of hydrogen-bond acceptors (Lipinski definition) is 1. The molecule has 2 fully saturated rings. The molecule has 18 heavy (non-hydrogen) atoms. The molecule has 0 N–H and O–H groups in total. The molecule has 1 nitrogen and oxygen atoms in total. The molecule has 0 radical (unpaired) electrons. The molecular formula is C17H33N. The largest absolute Gasteiger partial charge is 0.300 e. The minimum atomic E-state index is 0.945. The van der Waals surface area contributed by atoms with Crippen molar-refractivity contribution in [2.24, 2.45) is 11.8 Å². The van der Waals surface area contributed by atoms with Crippen molar-refractivity contribution in [2.45, 2.75) is 84.1 Å². The summed E-state index contributed by atoms with van der Waals surface area (Å²) in [6, 6.07) is 0.945. The molecule has 0 unspecified atom stereocenters. The van der Waals surface area contributed by atoms with Crippen LogP contribution in [0.15, 0.2) is 0 Å². The highest BCUT2D eigenvalue weighted by Crippen LogP contribution is 2.32. The van der Waals surface area contributed by atoms with Gasteiger partial charge in [0.2, 0.25) is 0 Å². The van der Waals surface area contributed by atoms with E-state index in [2.05, 4.69) is 18.7 Å². The number of likely N-dealkylation sites (tertiary alicyclic amines) is 1. The average molecular weight is 251 g/mol. The standard InChI is InChI=1S/C17H33N/c1-3-5-15-7-9-17(10-8-15)18-13-11-16(6-4-2)12-14-18/h15-17H,3-14H2,1-2H3. The summed E-state index contributed by atoms with van der Waals surface area (Å²) in [5, 5.41) is 0. The van der Waals surface area contributed by atoms with Crippen LogP contribution in [0.4, 0.5) is 0 Å². The summed E-state index contributed by atoms with van der Waals surface area (Å²) in [6.07, 6.45) is 14.7. The molecule has 0 spiro atoms. The Labute approximate surface area is 114 Å². The zero-order valence-corrected chi connectivity index (χ0v) is 12.7. The van der Waals surface area contributed by atoms with Gasteiger partial charge in [-0.3, -0.25) is 0 Å². The van der Waals surface area contributed by atoms with Gasteiger partial charge in [-0.05, 0) is 63.5 Å². The molecule has 0 bridgehead atoms. The Balaban J connectivity index is 1.68. The molecule has 0 amide bonds. The topological polar surface area (TPSA) is 3.24 Å². The third-order valence-electron chi connectivity index (χ3n) is 5.38. The van der Waals surface area contributed by atoms with Crippen LogP contribution in [0.3, 0.4) is 0 Å². The smallest absolute Gasteiger partial charge is 0.00954 e. The van der Waals surface area contributed by atoms with Crippen LogP contribution >= 0.6 is 0 Å². The van der Waals surface area contributed by atoms with E-state index < -0.39 is 0 Å². The number of piperidine rings is 1. The fraction of sp³-hybridized carbons (Fsp3) is 1.00. The minimum absolute atomic E-state index is 0.945. The summed E-state index contributed by atoms with van der Waals surface area (Å²) >= 11 is 0. The molecule has 0 aromatic heterocycles. The fourth-order valence-corrected chi connectivity index (χ4v) is 4.22. The van der Waals surface area contributed by atoms with Crippen LogP contribution in [0.25, 0.3) is 0 Å². The Morgan fingerprint density at radius 3 is 1.72 bits per heavy atom. The lowest BCUT2D eigenvalue weighted by atomic mass is 9.82. The molecule has 1 saturated carbocycles. The van der Waals surface area contributed by atoms with E-state index in [1.165, 1.54) is 77.3 Å². The van der Waals surface area contributed by atoms with E-state index in [0.29, 0.717) is 0 Å². The summed E-state index contributed by atoms with van der Waals surface area (Å²) in [7, 11) is 0. The maximum Gasteiger partial charge on any atom is 0.00954 e. The van der Waals surface area contributed by atoms with Crippen LogP contribution in [-0.4, -0.2) is 24.0 Å². The van der Waals surface area contributed by atoms with E-state index in [4.69, 9.17) is 0 Å². The highest BCUT2D eigenvalue weighted by atomic mass is 15.2. The molecule has 1 heteroatoms. The second-order valence-corrected chi connectivity index (χ2v) is 6.73. The highest BCUT2D eigenvalue weighted by molar-refractivity contribution is 4.83. The van der Waals surface area contributed by atoms with Crippen molar-refractivity contribution < 1.29 is 0 Å². The fourth-order valence-electron chi connectivity index (χ4n) is 4.22. The molecule has 1 aliphatic heterocycles. The SMILES string of the molecule is CCCC1CCC(N2CCC(CCC)CC2)CC1. The van der Waals surface area contributed by atoms with Crippen LogP contribution in [0.5, 0.6) is 0 Å². The Morgan fingerprint density at radius 1 is 0.722 bits per heavy atom. The quantitative estimate of drug-likeness (QED) is 0.674. The number of rotatable bonds is 5. The molecule has 0 atom stereocenters. The molecule has 0 aromatic rings. The van der Waals surface area contributed by atoms with Crippen molar-refractivity contribution in [3.63, 3.8) is 0 Å². The van der Waals surface area contributed by atoms with Gasteiger partial charge in [-0.15, -0.1) is 0 Å². The highest BCUT2D eigenvalue weighted by Gasteiger charge is 2.28. The molecule has 1 saturated heterocycles. The average Bonchev–Trinajstić information content (AvgIpc) is 2.41. The van der Waals surface area contributed by atoms with Gasteiger partial charge < -0.3 is 4.90 Å². The van der Waals surface area contributed by atoms with Gasteiger partial charge in [0.15, 0.2) is 0 Å². The van der Waals surface area contributed by atoms with Gasteiger partial charge in [0.1, 0.15) is 0 Å². The molecule has 106 valence electrons. The van der Waals surface area contributed by atoms with Crippen LogP contribution in [0, 0.1) is 11.8 Å². The second-order valence-electron chi connectivity index (χ2n) is 6.73. The van der Waals surface area contributed by atoms with Crippen molar-refractivity contribution in [1.82, 2.24) is 4.90 Å². The van der Waals surface area contributed by atoms with Crippen LogP contribution in [-0.2, 0) is 0 Å². The van der Waals surface area contributed by atoms with Crippen LogP contribution in [0.1, 0.15) is 78.1 Å². The molecular weight excluding hydrogens is 218 g/mol. The van der Waals surface area contributed by atoms with Gasteiger partial charge in [0, 0.05) is 6.04 Å². The first kappa shape index (κ1) is 14.4. The first-order chi connectivity index (χ1) is 8.83. The lowest BCUT2D eigenvalue weighted by Gasteiger charge is -2.41. The maximum absolute atomic E-state index is 2.83. The first-order valence-electron chi connectivity index (χ1n) is 8.57. The summed E-state index contributed by atoms with van der Waals surface area (Å²) in [4.78, 5) is 2.83. The van der Waals surface area contributed by atoms with Gasteiger partial charge in [0.05, 0.1) is 0 Å². The Hall–Kier alpha value is -0.0400. The first-order valence-corrected chi connectivity index (χ1v) is 8.57. The third-order valence-corrected chi connectivity index (χ3v) is 5.38. The van der Waals surface area contributed by atoms with E-state index >= 15 is 0 Å². The molecule has 2 aliphatic rings. The summed E-state index contributed by atoms with van der Waals surface area (Å²) in [5.74, 6) is 2.10. The predicted molar refractivity (Wildman–Crippen MR) is 79.9 cm³/mol. The van der Waals surface area contributed by atoms with Crippen molar-refractivity contribution in [1.29, 1.82) is 0 Å². The third kappa shape index (κ3) is 3.98. The van der Waals surface area contributed by atoms with E-state index in [1.807, 2.05) is 0 Å². The van der Waals surface area contributed by atoms with Gasteiger partial charge in [-0.1, -0.05) is 39.5 Å². The van der Waals surface area contributed by atoms with Crippen molar-refractivity contribution in [3.05, 3.63) is 0 Å². The molecule has 1 heterocycles. The van der Waals surface area contributed by atoms with Crippen LogP contribution in [0.2, 0.25) is 0 Å². The van der Waals surface area contributed by atoms with Crippen LogP contribution < -0.4 is 0 Å². The number of nitrogens with zero attached hydrogens (tertiary/aromatic N) is 1. The Morgan fingerprint density at radius 2 is 1.22 bits per heavy atom. The molecule has 2 rings (SSSR count). The monoisotopic (exact) mass is 251 g/mol. The predicted octanol–water partition coefficient (Wildman–Crippen LogP) is 4.86. The van der Waals surface area contributed by atoms with Crippen molar-refractivity contribution in [2.75, 3.05) is 13.1 Å². The van der Waals surface area contributed by atoms with E-state index in [1.54, 1.807) is 0 Å². The lowest BCUT2D eigenvalue weighted by Crippen LogP contribution is -2.43. The second kappa shape index (κ2) is 7.53. The number of hydrogen-bond donors (Lipinski definition) is 0. The van der Waals surface area contributed by atoms with E-state index in [9.17, 15) is 0 Å². The minimum Gasteiger partial charge on any atom is -0.300 e. The zero-order valence-electron chi connectivity index (χ0n) is 12.7. The molecule has 0 aromatic carbocycles. The summed E-state index contributed by atoms with van der Waals surface area (Å²) in [6.45, 7) is 7.47. The van der Waals surface area contributed by atoms with Gasteiger partial charge >= 0.3 is 0 Å². The maximum atomic E-state index is 2.83. The summed E-state index contributed by atoms with van der Waals surface area (Å²) < 4.78 is 0. The Bertz CT molecular complexity index is 186. The zero-order chi connectivity index (χ0) is 12.8. The summed E-state index contributed by atoms with van der Waals surface area (Å²) in [5.41, 5.74) is 0. The molecule has 1 aliphatic carbocycles. The van der Waals surface area contributed by atoms with Gasteiger partial charge in [0.25, 0.3) is 0 Å². The lowest BCUT2D eigenvalue weighted by molar-refractivity contribution is 0.0908. The normalized spacial score (nSPS) is 31.7. The Kier molecular flexibility index (Phi) is 6.01. The van der Waals surface area contributed by atoms with E-state index in [-0.39, 0.29) is 0 Å². The van der Waals surface area contributed by atoms with Gasteiger partial charge in [-0.25, -0.2) is 0 Å². The van der Waals surface area contributed by atoms with Crippen molar-refractivity contribution in [3.8, 4) is 0 Å².